The van der Waals surface area contributed by atoms with Gasteiger partial charge in [0.1, 0.15) is 12.1 Å². The molecule has 3 fully saturated rings. The fraction of sp³-hybridized carbons (Fsp3) is 0.531. The summed E-state index contributed by atoms with van der Waals surface area (Å²) in [5.74, 6) is -2.84. The number of likely N-dealkylation sites (tertiary alicyclic amines) is 1. The molecule has 3 atom stereocenters. The Morgan fingerprint density at radius 3 is 2.40 bits per heavy atom. The number of nitrogens with one attached hydrogen (secondary N) is 1. The monoisotopic (exact) mass is 667 g/mol. The summed E-state index contributed by atoms with van der Waals surface area (Å²) < 4.78 is 7.26. The van der Waals surface area contributed by atoms with Gasteiger partial charge in [0.05, 0.1) is 5.69 Å². The molecule has 1 aromatic heterocycles. The fourth-order valence-electron chi connectivity index (χ4n) is 6.17. The maximum absolute atomic E-state index is 13.6. The van der Waals surface area contributed by atoms with E-state index in [2.05, 4.69) is 10.4 Å². The van der Waals surface area contributed by atoms with E-state index in [0.717, 1.165) is 12.8 Å². The minimum atomic E-state index is -1.22. The Hall–Kier alpha value is -5.15. The summed E-state index contributed by atoms with van der Waals surface area (Å²) >= 11 is 0. The first kappa shape index (κ1) is 34.2. The molecular formula is C32H41N7O9. The van der Waals surface area contributed by atoms with Crippen molar-refractivity contribution in [3.05, 3.63) is 42.1 Å². The van der Waals surface area contributed by atoms with E-state index in [4.69, 9.17) is 4.74 Å². The number of benzene rings is 1. The van der Waals surface area contributed by atoms with Crippen molar-refractivity contribution in [2.45, 2.75) is 69.6 Å². The van der Waals surface area contributed by atoms with Gasteiger partial charge in [-0.15, -0.1) is 0 Å². The number of aliphatic carboxylic acids is 1. The van der Waals surface area contributed by atoms with Crippen LogP contribution in [0.4, 0.5) is 4.79 Å². The zero-order valence-electron chi connectivity index (χ0n) is 27.0. The Labute approximate surface area is 277 Å². The average Bonchev–Trinajstić information content (AvgIpc) is 3.64. The standard InChI is InChI=1S/C32H41N7O9/c1-20-18-36(32(46)47)15-16-37(20)30(44)23(12-13-28(41)42)33-29(43)24-17-27(39(34-24)22-7-4-3-5-8-22)48-19-26(40)38-14-6-9-25(38)31(45)35(2)21-10-11-21/h3-5,7-8,17,20-21,23,25H,6,9-16,18-19H2,1-2H3,(H,33,43)(H,41,42)(H,46,47)/t20-,23-,25-/m0/s1. The van der Waals surface area contributed by atoms with Gasteiger partial charge in [-0.05, 0) is 51.2 Å². The molecule has 1 aromatic carbocycles. The Bertz CT molecular complexity index is 1540. The number of carboxylic acids is 1. The number of rotatable bonds is 12. The van der Waals surface area contributed by atoms with Crippen molar-refractivity contribution in [2.75, 3.05) is 39.8 Å². The lowest BCUT2D eigenvalue weighted by Gasteiger charge is -2.40. The van der Waals surface area contributed by atoms with Crippen LogP contribution in [-0.2, 0) is 19.2 Å². The summed E-state index contributed by atoms with van der Waals surface area (Å²) in [5.41, 5.74) is 0.390. The van der Waals surface area contributed by atoms with Gasteiger partial charge in [0.25, 0.3) is 11.8 Å². The van der Waals surface area contributed by atoms with E-state index < -0.39 is 55.0 Å². The van der Waals surface area contributed by atoms with Crippen LogP contribution in [-0.4, -0.2) is 139 Å². The number of ether oxygens (including phenoxy) is 1. The number of aromatic nitrogens is 2. The van der Waals surface area contributed by atoms with Gasteiger partial charge in [0.15, 0.2) is 12.3 Å². The number of carbonyl (C=O) groups excluding carboxylic acids is 4. The Morgan fingerprint density at radius 2 is 1.75 bits per heavy atom. The van der Waals surface area contributed by atoms with Gasteiger partial charge in [-0.25, -0.2) is 9.48 Å². The highest BCUT2D eigenvalue weighted by Gasteiger charge is 2.40. The second-order valence-corrected chi connectivity index (χ2v) is 12.4. The normalized spacial score (nSPS) is 19.8. The fourth-order valence-corrected chi connectivity index (χ4v) is 6.17. The molecule has 2 aromatic rings. The number of amides is 5. The van der Waals surface area contributed by atoms with E-state index in [9.17, 15) is 39.0 Å². The molecule has 3 aliphatic rings. The zero-order valence-corrected chi connectivity index (χ0v) is 27.0. The Balaban J connectivity index is 1.31. The Kier molecular flexibility index (Phi) is 10.5. The SMILES string of the molecule is C[C@H]1CN(C(=O)O)CCN1C(=O)[C@H](CCC(=O)O)NC(=O)c1cc(OCC(=O)N2CCC[C@H]2C(=O)N(C)C2CC2)n(-c2ccccc2)n1. The largest absolute Gasteiger partial charge is 0.481 e. The summed E-state index contributed by atoms with van der Waals surface area (Å²) in [4.78, 5) is 82.1. The minimum absolute atomic E-state index is 0.0729. The van der Waals surface area contributed by atoms with Crippen LogP contribution >= 0.6 is 0 Å². The van der Waals surface area contributed by atoms with Gasteiger partial charge in [-0.3, -0.25) is 24.0 Å². The maximum Gasteiger partial charge on any atom is 0.407 e. The smallest absolute Gasteiger partial charge is 0.407 e. The van der Waals surface area contributed by atoms with Crippen molar-refractivity contribution < 1.29 is 43.7 Å². The van der Waals surface area contributed by atoms with E-state index in [-0.39, 0.29) is 55.5 Å². The van der Waals surface area contributed by atoms with Crippen LogP contribution in [0.1, 0.15) is 55.9 Å². The van der Waals surface area contributed by atoms with Crippen LogP contribution in [0, 0.1) is 0 Å². The number of carbonyl (C=O) groups is 6. The zero-order chi connectivity index (χ0) is 34.5. The summed E-state index contributed by atoms with van der Waals surface area (Å²) in [7, 11) is 1.77. The van der Waals surface area contributed by atoms with E-state index in [1.807, 2.05) is 0 Å². The number of hydrogen-bond donors (Lipinski definition) is 3. The first-order chi connectivity index (χ1) is 22.9. The highest BCUT2D eigenvalue weighted by Crippen LogP contribution is 2.29. The van der Waals surface area contributed by atoms with Crippen molar-refractivity contribution >= 4 is 35.7 Å². The quantitative estimate of drug-likeness (QED) is 0.294. The molecule has 1 aliphatic carbocycles. The van der Waals surface area contributed by atoms with Gasteiger partial charge in [0, 0.05) is 57.8 Å². The number of hydrogen-bond acceptors (Lipinski definition) is 8. The van der Waals surface area contributed by atoms with Gasteiger partial charge in [-0.2, -0.15) is 5.10 Å². The Morgan fingerprint density at radius 1 is 1.02 bits per heavy atom. The van der Waals surface area contributed by atoms with Gasteiger partial charge in [0.2, 0.25) is 17.7 Å². The third kappa shape index (κ3) is 7.86. The molecule has 3 heterocycles. The highest BCUT2D eigenvalue weighted by atomic mass is 16.5. The van der Waals surface area contributed by atoms with E-state index >= 15 is 0 Å². The number of carboxylic acid groups (broad SMARTS) is 2. The van der Waals surface area contributed by atoms with Crippen LogP contribution in [0.2, 0.25) is 0 Å². The lowest BCUT2D eigenvalue weighted by Crippen LogP contribution is -2.59. The van der Waals surface area contributed by atoms with Gasteiger partial charge >= 0.3 is 12.1 Å². The van der Waals surface area contributed by atoms with E-state index in [0.29, 0.717) is 25.1 Å². The summed E-state index contributed by atoms with van der Waals surface area (Å²) in [6.07, 6.45) is 1.49. The summed E-state index contributed by atoms with van der Waals surface area (Å²) in [5, 5.41) is 25.6. The molecular weight excluding hydrogens is 626 g/mol. The highest BCUT2D eigenvalue weighted by molar-refractivity contribution is 5.96. The lowest BCUT2D eigenvalue weighted by molar-refractivity contribution is -0.144. The molecule has 258 valence electrons. The third-order valence-electron chi connectivity index (χ3n) is 8.99. The van der Waals surface area contributed by atoms with E-state index in [1.54, 1.807) is 49.2 Å². The predicted octanol–water partition coefficient (Wildman–Crippen LogP) is 1.04. The molecule has 1 saturated carbocycles. The van der Waals surface area contributed by atoms with Gasteiger partial charge < -0.3 is 39.9 Å². The molecule has 2 aliphatic heterocycles. The maximum atomic E-state index is 13.6. The topological polar surface area (TPSA) is 195 Å². The molecule has 0 unspecified atom stereocenters. The predicted molar refractivity (Wildman–Crippen MR) is 168 cm³/mol. The van der Waals surface area contributed by atoms with Crippen LogP contribution < -0.4 is 10.1 Å². The lowest BCUT2D eigenvalue weighted by atomic mass is 10.1. The van der Waals surface area contributed by atoms with Crippen molar-refractivity contribution in [2.24, 2.45) is 0 Å². The molecule has 3 N–H and O–H groups in total. The third-order valence-corrected chi connectivity index (χ3v) is 8.99. The van der Waals surface area contributed by atoms with Crippen LogP contribution in [0.15, 0.2) is 36.4 Å². The van der Waals surface area contributed by atoms with Crippen LogP contribution in [0.3, 0.4) is 0 Å². The number of likely N-dealkylation sites (N-methyl/N-ethyl adjacent to an activating group) is 1. The van der Waals surface area contributed by atoms with Crippen molar-refractivity contribution in [3.8, 4) is 11.6 Å². The second kappa shape index (κ2) is 14.7. The van der Waals surface area contributed by atoms with Crippen molar-refractivity contribution in [3.63, 3.8) is 0 Å². The van der Waals surface area contributed by atoms with E-state index in [1.165, 1.54) is 25.4 Å². The minimum Gasteiger partial charge on any atom is -0.481 e. The molecule has 5 amide bonds. The van der Waals surface area contributed by atoms with Crippen molar-refractivity contribution in [1.29, 1.82) is 0 Å². The molecule has 0 spiro atoms. The summed E-state index contributed by atoms with van der Waals surface area (Å²) in [6, 6.07) is 8.04. The van der Waals surface area contributed by atoms with Crippen molar-refractivity contribution in [1.82, 2.24) is 34.7 Å². The number of nitrogens with zero attached hydrogens (tertiary/aromatic N) is 6. The molecule has 16 heteroatoms. The van der Waals surface area contributed by atoms with Crippen LogP contribution in [0.5, 0.6) is 5.88 Å². The number of para-hydroxylation sites is 1. The molecule has 0 radical (unpaired) electrons. The molecule has 2 saturated heterocycles. The first-order valence-corrected chi connectivity index (χ1v) is 16.1. The number of piperazine rings is 1. The van der Waals surface area contributed by atoms with Gasteiger partial charge in [-0.1, -0.05) is 18.2 Å². The molecule has 48 heavy (non-hydrogen) atoms. The molecule has 16 nitrogen and oxygen atoms in total. The average molecular weight is 668 g/mol. The first-order valence-electron chi connectivity index (χ1n) is 16.1. The molecule has 5 rings (SSSR count). The second-order valence-electron chi connectivity index (χ2n) is 12.4. The summed E-state index contributed by atoms with van der Waals surface area (Å²) in [6.45, 7) is 1.94. The molecule has 0 bridgehead atoms. The van der Waals surface area contributed by atoms with Crippen LogP contribution in [0.25, 0.3) is 5.69 Å².